The standard InChI is InChI=1S/C26H44O3.C26H46O2.C4H8O.Al.Li.4H/c1-6-17-21-13-15(2)9-11-26(21,5)20-10-12-25(4)18(16(3)14-22(27)28)7-8-19(25)23(20)24(17)29;1-6-18-22-15-16(2)9-12-26(22,5)21-10-13-25(4)19(17(3)11-14-27)7-8-20(25)23(21)24(18)28;1-2-4-5-3-1;;;;;;/h15-21,23-24,29H,6-14H2,1-5H3,(H,27,28);16-24,27-28H,6-15H2,1-5H3;1-4H2;;;;;;/q;;;;+1;;;;-1/t15-,16-,17-,18-,19+,20+,21+,23+,24-,25-,26-;16-,17-,18-,19-,20+,21+,22+,23+,24-,25-,26-;;;;;;;/m11......./s1. The number of ether oxygens (including phenoxy) is 1. The summed E-state index contributed by atoms with van der Waals surface area (Å²) in [5.74, 6) is 9.00. The zero-order chi connectivity index (χ0) is 44.9. The van der Waals surface area contributed by atoms with Gasteiger partial charge in [-0.25, -0.2) is 0 Å². The third-order valence-corrected chi connectivity index (χ3v) is 22.8. The molecule has 0 bridgehead atoms. The van der Waals surface area contributed by atoms with Crippen molar-refractivity contribution in [2.45, 2.75) is 210 Å². The van der Waals surface area contributed by atoms with E-state index in [-0.39, 0.29) is 61.2 Å². The van der Waals surface area contributed by atoms with Gasteiger partial charge < -0.3 is 26.6 Å². The molecule has 0 aromatic carbocycles. The second-order valence-electron chi connectivity index (χ2n) is 25.5. The molecule has 366 valence electrons. The van der Waals surface area contributed by atoms with E-state index in [0.29, 0.717) is 88.5 Å². The molecule has 1 aliphatic heterocycles. The molecule has 64 heavy (non-hydrogen) atoms. The van der Waals surface area contributed by atoms with Crippen LogP contribution in [0.5, 0.6) is 0 Å². The Balaban J connectivity index is 0.000000246. The number of carbonyl (C=O) groups is 1. The Bertz CT molecular complexity index is 1490. The first-order valence-electron chi connectivity index (χ1n) is 27.2. The molecule has 8 saturated carbocycles. The maximum Gasteiger partial charge on any atom is 1.00 e. The van der Waals surface area contributed by atoms with Crippen molar-refractivity contribution in [2.24, 2.45) is 116 Å². The van der Waals surface area contributed by atoms with Gasteiger partial charge in [-0.3, -0.25) is 4.79 Å². The van der Waals surface area contributed by atoms with E-state index in [0.717, 1.165) is 68.5 Å². The minimum Gasteiger partial charge on any atom is -1.00 e. The van der Waals surface area contributed by atoms with Crippen molar-refractivity contribution in [1.29, 1.82) is 0 Å². The van der Waals surface area contributed by atoms with Crippen LogP contribution in [0.25, 0.3) is 0 Å². The van der Waals surface area contributed by atoms with Gasteiger partial charge in [-0.2, -0.15) is 0 Å². The van der Waals surface area contributed by atoms with Crippen LogP contribution in [-0.2, 0) is 9.53 Å². The summed E-state index contributed by atoms with van der Waals surface area (Å²) in [4.78, 5) is 11.4. The molecule has 1 saturated heterocycles. The fourth-order valence-electron chi connectivity index (χ4n) is 19.6. The first-order valence-corrected chi connectivity index (χ1v) is 27.2. The van der Waals surface area contributed by atoms with Gasteiger partial charge in [-0.1, -0.05) is 94.9 Å². The van der Waals surface area contributed by atoms with Crippen molar-refractivity contribution in [3.63, 3.8) is 0 Å². The number of aliphatic hydroxyl groups excluding tert-OH is 3. The van der Waals surface area contributed by atoms with E-state index < -0.39 is 5.97 Å². The molecule has 6 nitrogen and oxygen atoms in total. The molecule has 8 heteroatoms. The molecule has 0 radical (unpaired) electrons. The molecule has 0 aromatic rings. The third kappa shape index (κ3) is 9.88. The molecule has 9 rings (SSSR count). The van der Waals surface area contributed by atoms with Gasteiger partial charge in [0.05, 0.1) is 12.2 Å². The monoisotopic (exact) mass is 905 g/mol. The Morgan fingerprint density at radius 2 is 1.02 bits per heavy atom. The fourth-order valence-corrected chi connectivity index (χ4v) is 19.6. The van der Waals surface area contributed by atoms with Crippen LogP contribution in [0.2, 0.25) is 0 Å². The number of rotatable bonds is 8. The molecule has 1 heterocycles. The van der Waals surface area contributed by atoms with Crippen LogP contribution in [0.1, 0.15) is 199 Å². The number of fused-ring (bicyclic) bond motifs is 10. The van der Waals surface area contributed by atoms with E-state index in [1.807, 2.05) is 0 Å². The summed E-state index contributed by atoms with van der Waals surface area (Å²) in [6.07, 6.45) is 24.0. The summed E-state index contributed by atoms with van der Waals surface area (Å²) in [5.41, 5.74) is 1.43. The van der Waals surface area contributed by atoms with E-state index >= 15 is 0 Å². The van der Waals surface area contributed by atoms with E-state index in [2.05, 4.69) is 69.2 Å². The van der Waals surface area contributed by atoms with Crippen LogP contribution in [0.4, 0.5) is 0 Å². The summed E-state index contributed by atoms with van der Waals surface area (Å²) < 4.78 is 4.94. The summed E-state index contributed by atoms with van der Waals surface area (Å²) in [5, 5.41) is 42.4. The van der Waals surface area contributed by atoms with Crippen LogP contribution in [-0.4, -0.2) is 75.8 Å². The summed E-state index contributed by atoms with van der Waals surface area (Å²) in [6, 6.07) is 0. The maximum atomic E-state index is 11.8. The zero-order valence-electron chi connectivity index (χ0n) is 43.8. The maximum absolute atomic E-state index is 11.8. The first-order chi connectivity index (χ1) is 29.4. The zero-order valence-corrected chi connectivity index (χ0v) is 42.8. The molecule has 22 atom stereocenters. The number of carboxylic acid groups (broad SMARTS) is 1. The number of aliphatic carboxylic acids is 1. The van der Waals surface area contributed by atoms with Gasteiger partial charge in [0.15, 0.2) is 17.4 Å². The van der Waals surface area contributed by atoms with Crippen LogP contribution in [0.3, 0.4) is 0 Å². The molecule has 4 N–H and O–H groups in total. The third-order valence-electron chi connectivity index (χ3n) is 22.8. The van der Waals surface area contributed by atoms with Gasteiger partial charge in [0.2, 0.25) is 0 Å². The van der Waals surface area contributed by atoms with Crippen LogP contribution >= 0.6 is 0 Å². The van der Waals surface area contributed by atoms with Gasteiger partial charge in [0, 0.05) is 26.2 Å². The minimum atomic E-state index is -0.659. The molecule has 0 unspecified atom stereocenters. The second kappa shape index (κ2) is 22.2. The minimum absolute atomic E-state index is 0. The van der Waals surface area contributed by atoms with E-state index in [1.165, 1.54) is 96.3 Å². The van der Waals surface area contributed by atoms with Gasteiger partial charge >= 0.3 is 24.8 Å². The van der Waals surface area contributed by atoms with Gasteiger partial charge in [0.1, 0.15) is 0 Å². The van der Waals surface area contributed by atoms with E-state index in [4.69, 9.17) is 4.74 Å². The van der Waals surface area contributed by atoms with E-state index in [9.17, 15) is 25.2 Å². The van der Waals surface area contributed by atoms with Crippen LogP contribution in [0.15, 0.2) is 0 Å². The van der Waals surface area contributed by atoms with Crippen molar-refractivity contribution in [3.8, 4) is 0 Å². The Morgan fingerprint density at radius 3 is 1.38 bits per heavy atom. The second-order valence-corrected chi connectivity index (χ2v) is 25.5. The SMILES string of the molecule is C1CCOC1.CC[C@H]1[C@@H](O)[C@@H]2[C@H](CC[C@]3(C)[C@@H]([C@H](C)CC(=O)O)CC[C@@H]23)[C@@]2(C)CC[C@@H](C)C[C@@H]12.CC[C@H]1[C@@H](O)[C@@H]2[C@H](CC[C@]3(C)[C@@H]([C@H](C)CCO)CC[C@@H]23)[C@@]2(C)CC[C@@H](C)C[C@@H]12.[AlH3].[H-].[Li+]. The normalized spacial score (nSPS) is 49.7. The molecular formula is C56H102AlLiO6. The average Bonchev–Trinajstić information content (AvgIpc) is 4.00. The first kappa shape index (κ1) is 55.4. The van der Waals surface area contributed by atoms with Crippen molar-refractivity contribution in [3.05, 3.63) is 0 Å². The fraction of sp³-hybridized carbons (Fsp3) is 0.982. The quantitative estimate of drug-likeness (QED) is 0.182. The van der Waals surface area contributed by atoms with Crippen LogP contribution < -0.4 is 18.9 Å². The number of aliphatic hydroxyl groups is 3. The molecular weight excluding hydrogens is 803 g/mol. The molecule has 0 amide bonds. The van der Waals surface area contributed by atoms with Gasteiger partial charge in [-0.15, -0.1) is 0 Å². The van der Waals surface area contributed by atoms with Crippen LogP contribution in [0, 0.1) is 116 Å². The molecule has 8 aliphatic carbocycles. The number of hydrogen-bond acceptors (Lipinski definition) is 5. The van der Waals surface area contributed by atoms with Crippen molar-refractivity contribution in [2.75, 3.05) is 19.8 Å². The summed E-state index contributed by atoms with van der Waals surface area (Å²) in [7, 11) is 0. The number of hydrogen-bond donors (Lipinski definition) is 4. The Hall–Kier alpha value is 0.440. The van der Waals surface area contributed by atoms with Crippen molar-refractivity contribution in [1.82, 2.24) is 0 Å². The Kier molecular flexibility index (Phi) is 19.2. The largest absolute Gasteiger partial charge is 1.00 e. The topological polar surface area (TPSA) is 107 Å². The molecule has 0 spiro atoms. The van der Waals surface area contributed by atoms with E-state index in [1.54, 1.807) is 0 Å². The predicted molar refractivity (Wildman–Crippen MR) is 263 cm³/mol. The molecule has 9 aliphatic rings. The smallest absolute Gasteiger partial charge is 1.00 e. The van der Waals surface area contributed by atoms with Crippen molar-refractivity contribution < 1.29 is 50.2 Å². The van der Waals surface area contributed by atoms with Gasteiger partial charge in [0.25, 0.3) is 0 Å². The Morgan fingerprint density at radius 1 is 0.625 bits per heavy atom. The summed E-state index contributed by atoms with van der Waals surface area (Å²) >= 11 is 0. The summed E-state index contributed by atoms with van der Waals surface area (Å²) in [6.45, 7) is 26.5. The molecule has 9 fully saturated rings. The van der Waals surface area contributed by atoms with Gasteiger partial charge in [-0.05, 0) is 213 Å². The predicted octanol–water partition coefficient (Wildman–Crippen LogP) is 8.64. The Labute approximate surface area is 417 Å². The molecule has 0 aromatic heterocycles. The number of carboxylic acids is 1. The van der Waals surface area contributed by atoms with Crippen molar-refractivity contribution >= 4 is 23.3 Å². The average molecular weight is 905 g/mol.